The number of aryl methyl sites for hydroxylation is 4. The normalized spacial score (nSPS) is 12.5. The van der Waals surface area contributed by atoms with Crippen LogP contribution in [0.2, 0.25) is 0 Å². The molecule has 0 fully saturated rings. The summed E-state index contributed by atoms with van der Waals surface area (Å²) in [6, 6.07) is 16.0. The lowest BCUT2D eigenvalue weighted by Crippen LogP contribution is -2.49. The first-order valence-corrected chi connectivity index (χ1v) is 60.0. The van der Waals surface area contributed by atoms with E-state index in [-0.39, 0.29) is 120 Å². The van der Waals surface area contributed by atoms with Gasteiger partial charge in [0.25, 0.3) is 0 Å². The van der Waals surface area contributed by atoms with E-state index in [9.17, 15) is 42.5 Å². The van der Waals surface area contributed by atoms with Gasteiger partial charge in [0, 0.05) is 79.5 Å². The summed E-state index contributed by atoms with van der Waals surface area (Å²) in [7, 11) is -12.7. The van der Waals surface area contributed by atoms with Gasteiger partial charge in [0.1, 0.15) is 36.4 Å². The molecule has 818 valence electrons. The highest BCUT2D eigenvalue weighted by Crippen LogP contribution is 2.39. The molecule has 16 N–H and O–H groups in total. The van der Waals surface area contributed by atoms with Crippen LogP contribution in [0.5, 0.6) is 5.75 Å². The second-order valence-electron chi connectivity index (χ2n) is 36.0. The molecular formula is C102H182N9O26P3S2. The van der Waals surface area contributed by atoms with E-state index in [1.165, 1.54) is 183 Å². The Bertz CT molecular complexity index is 4070. The average molecular weight is 2110 g/mol. The van der Waals surface area contributed by atoms with Crippen LogP contribution in [0.25, 0.3) is 21.7 Å². The maximum Gasteiger partial charge on any atom is 0.524 e. The van der Waals surface area contributed by atoms with Gasteiger partial charge in [-0.15, -0.1) is 0 Å². The number of amides is 6. The molecule has 4 rings (SSSR count). The van der Waals surface area contributed by atoms with E-state index >= 15 is 0 Å². The van der Waals surface area contributed by atoms with E-state index in [2.05, 4.69) is 93.4 Å². The summed E-state index contributed by atoms with van der Waals surface area (Å²) < 4.78 is 91.9. The highest BCUT2D eigenvalue weighted by Gasteiger charge is 2.26. The van der Waals surface area contributed by atoms with E-state index in [1.807, 2.05) is 39.0 Å². The van der Waals surface area contributed by atoms with Crippen molar-refractivity contribution in [3.05, 3.63) is 76.9 Å². The Kier molecular flexibility index (Phi) is 80.8. The average Bonchev–Trinajstić information content (AvgIpc) is 0.768. The number of nitrogens with two attached hydrogens (primary N) is 2. The van der Waals surface area contributed by atoms with Crippen LogP contribution in [0.3, 0.4) is 0 Å². The van der Waals surface area contributed by atoms with E-state index in [0.29, 0.717) is 89.4 Å². The van der Waals surface area contributed by atoms with Crippen LogP contribution < -0.4 is 47.9 Å². The highest BCUT2D eigenvalue weighted by molar-refractivity contribution is 7.99. The number of hydrogen-bond acceptors (Lipinski definition) is 25. The summed E-state index contributed by atoms with van der Waals surface area (Å²) >= 11 is 2.77. The SMILES string of the molecule is CCCCCCCCCCCCOC[C@H](CSC[C@H](N)C(=O)NCCOCCOCCOCCP(=O)(O)O)OC(=O)NCCCCCCCCCC.CCCCCCCCCCNC(=O)OC[C@H](CSC[C@H](NC(=O)CCCCC)C(=O)NCCOCCOCCOCCP(=O)(O)O)OC(=O)NCCCCCCCCCC.Cc1ccc2c(c1)nc(N)c1ccc(CCc3ccc(OP(=O)(O)O)cc3C)cc12. The van der Waals surface area contributed by atoms with Crippen molar-refractivity contribution < 1.29 is 124 Å². The van der Waals surface area contributed by atoms with Gasteiger partial charge in [0.2, 0.25) is 17.7 Å². The number of nitrogens with zero attached hydrogens (tertiary/aromatic N) is 1. The van der Waals surface area contributed by atoms with Crippen molar-refractivity contribution in [3.63, 3.8) is 0 Å². The van der Waals surface area contributed by atoms with Crippen molar-refractivity contribution in [3.8, 4) is 5.75 Å². The highest BCUT2D eigenvalue weighted by atomic mass is 32.2. The monoisotopic (exact) mass is 2110 g/mol. The lowest BCUT2D eigenvalue weighted by atomic mass is 9.97. The number of phosphoric ester groups is 1. The van der Waals surface area contributed by atoms with Crippen LogP contribution in [-0.4, -0.2) is 262 Å². The molecule has 1 aromatic heterocycles. The number of thioether (sulfide) groups is 2. The van der Waals surface area contributed by atoms with Crippen LogP contribution in [0.4, 0.5) is 20.2 Å². The van der Waals surface area contributed by atoms with Gasteiger partial charge in [-0.05, 0) is 105 Å². The Hall–Kier alpha value is -6.02. The van der Waals surface area contributed by atoms with E-state index in [0.717, 1.165) is 128 Å². The predicted molar refractivity (Wildman–Crippen MR) is 569 cm³/mol. The van der Waals surface area contributed by atoms with Crippen LogP contribution in [0.1, 0.15) is 301 Å². The zero-order chi connectivity index (χ0) is 104. The van der Waals surface area contributed by atoms with Crippen molar-refractivity contribution in [1.29, 1.82) is 0 Å². The number of nitrogens with one attached hydrogen (secondary N) is 6. The Morgan fingerprint density at radius 2 is 0.810 bits per heavy atom. The third-order valence-corrected chi connectivity index (χ3v) is 27.2. The van der Waals surface area contributed by atoms with Crippen molar-refractivity contribution in [2.45, 2.75) is 330 Å². The van der Waals surface area contributed by atoms with E-state index < -0.39 is 65.6 Å². The molecule has 0 saturated carbocycles. The maximum atomic E-state index is 13.2. The fraction of sp³-hybridized carbons (Fsp3) is 0.755. The van der Waals surface area contributed by atoms with Crippen molar-refractivity contribution in [2.24, 2.45) is 5.73 Å². The zero-order valence-corrected chi connectivity index (χ0v) is 91.1. The largest absolute Gasteiger partial charge is 0.524 e. The number of hydrogen-bond donors (Lipinski definition) is 14. The molecule has 40 heteroatoms. The molecule has 35 nitrogen and oxygen atoms in total. The first kappa shape index (κ1) is 132. The number of pyridine rings is 1. The third kappa shape index (κ3) is 76.5. The molecule has 0 bridgehead atoms. The summed E-state index contributed by atoms with van der Waals surface area (Å²) in [5.74, 6) is 1.08. The Balaban J connectivity index is 0.000000754. The van der Waals surface area contributed by atoms with Gasteiger partial charge in [-0.2, -0.15) is 23.5 Å². The van der Waals surface area contributed by atoms with Crippen LogP contribution in [-0.2, 0) is 88.3 Å². The van der Waals surface area contributed by atoms with Gasteiger partial charge in [0.05, 0.1) is 110 Å². The number of rotatable bonds is 88. The zero-order valence-electron chi connectivity index (χ0n) is 86.8. The Morgan fingerprint density at radius 1 is 0.394 bits per heavy atom. The van der Waals surface area contributed by atoms with Gasteiger partial charge >= 0.3 is 41.3 Å². The van der Waals surface area contributed by atoms with Gasteiger partial charge < -0.3 is 115 Å². The summed E-state index contributed by atoms with van der Waals surface area (Å²) in [4.78, 5) is 134. The topological polar surface area (TPSA) is 514 Å². The Labute approximate surface area is 856 Å². The van der Waals surface area contributed by atoms with Gasteiger partial charge in [-0.1, -0.05) is 276 Å². The molecule has 0 spiro atoms. The number of alkyl carbamates (subject to hydrolysis) is 3. The van der Waals surface area contributed by atoms with E-state index in [4.69, 9.17) is 88.2 Å². The first-order valence-electron chi connectivity index (χ1n) is 52.5. The standard InChI is InChI=1S/C42H83N4O12PS.C37H76N3O10PS.C23H23N2O4P/c1-4-7-10-12-14-16-18-21-24-44-41(49)57-34-37(58-42(50)45-25-22-19-17-15-13-11-8-5-2)35-60-36-38(46-39(47)23-20-9-6-3)40(48)43-26-27-54-28-29-55-30-31-56-32-33-59(51,52)53;1-3-5-7-9-11-13-14-16-18-20-23-49-31-34(50-37(42)40-21-19-17-15-12-10-8-6-4-2)32-52-33-35(38)36(41)39-22-24-46-25-26-47-27-28-48-29-30-51(43,44)45;1-14-3-9-19-21-13-16(5-10-20(21)23(24)25-22(19)11-14)4-6-17-7-8-18(12-15(17)2)29-30(26,27)28/h37-38H,4-36H2,1-3H3,(H,43,48)(H,44,49)(H,45,50)(H,46,47)(H2,51,52,53);34-35H,3-33,38H2,1-2H3,(H,39,41)(H,40,42)(H2,43,44,45);3,5,7-13H,4,6H2,1-2H3,(H2,24,25)(H2,26,27,28)/t37-,38+;34-,35+;/m11./s1. The second kappa shape index (κ2) is 86.9. The molecule has 4 atom stereocenters. The number of nitrogen functional groups attached to an aromatic ring is 1. The molecule has 6 amide bonds. The summed E-state index contributed by atoms with van der Waals surface area (Å²) in [6.45, 7) is 20.3. The third-order valence-electron chi connectivity index (χ3n) is 22.9. The van der Waals surface area contributed by atoms with Gasteiger partial charge in [-0.25, -0.2) is 23.9 Å². The smallest absolute Gasteiger partial charge is 0.446 e. The van der Waals surface area contributed by atoms with Crippen LogP contribution in [0, 0.1) is 13.8 Å². The molecule has 0 radical (unpaired) electrons. The number of aromatic nitrogens is 1. The summed E-state index contributed by atoms with van der Waals surface area (Å²) in [5, 5.41) is 20.0. The molecule has 3 aromatic carbocycles. The number of carbonyl (C=O) groups is 6. The van der Waals surface area contributed by atoms with Crippen molar-refractivity contribution in [1.82, 2.24) is 36.9 Å². The molecule has 0 aliphatic carbocycles. The first-order chi connectivity index (χ1) is 68.4. The van der Waals surface area contributed by atoms with Gasteiger partial charge in [0.15, 0.2) is 0 Å². The number of benzene rings is 3. The van der Waals surface area contributed by atoms with Gasteiger partial charge in [-0.3, -0.25) is 33.3 Å². The molecule has 142 heavy (non-hydrogen) atoms. The molecule has 0 aliphatic rings. The molecular weight excluding hydrogens is 1920 g/mol. The minimum absolute atomic E-state index is 0.0245. The number of carbonyl (C=O) groups excluding carboxylic acids is 6. The lowest BCUT2D eigenvalue weighted by Gasteiger charge is -2.21. The molecule has 0 unspecified atom stereocenters. The second-order valence-corrected chi connectivity index (χ2v) is 42.8. The number of anilines is 1. The fourth-order valence-corrected chi connectivity index (χ4v) is 17.9. The summed E-state index contributed by atoms with van der Waals surface area (Å²) in [5.41, 5.74) is 17.6. The Morgan fingerprint density at radius 3 is 1.27 bits per heavy atom. The molecule has 4 aromatic rings. The summed E-state index contributed by atoms with van der Waals surface area (Å²) in [6.07, 6.45) is 41.6. The number of phosphoric acid groups is 1. The minimum atomic E-state index is -4.55. The van der Waals surface area contributed by atoms with Crippen molar-refractivity contribution >= 4 is 110 Å². The molecule has 0 aliphatic heterocycles. The fourth-order valence-electron chi connectivity index (χ4n) is 14.8. The lowest BCUT2D eigenvalue weighted by molar-refractivity contribution is -0.128. The molecule has 0 saturated heterocycles. The maximum absolute atomic E-state index is 13.2. The van der Waals surface area contributed by atoms with Crippen molar-refractivity contribution in [2.75, 3.05) is 173 Å². The number of fused-ring (bicyclic) bond motifs is 3. The number of unbranched alkanes of at least 4 members (excludes halogenated alkanes) is 32. The number of ether oxygens (including phenoxy) is 10. The van der Waals surface area contributed by atoms with E-state index in [1.54, 1.807) is 12.1 Å². The quantitative estimate of drug-likeness (QED) is 0.00845. The van der Waals surface area contributed by atoms with Crippen LogP contribution >= 0.6 is 46.5 Å². The minimum Gasteiger partial charge on any atom is -0.446 e. The van der Waals surface area contributed by atoms with Crippen LogP contribution in [0.15, 0.2) is 54.6 Å². The molecule has 1 heterocycles. The predicted octanol–water partition coefficient (Wildman–Crippen LogP) is 18.6.